The highest BCUT2D eigenvalue weighted by atomic mass is 16.5. The van der Waals surface area contributed by atoms with E-state index in [1.807, 2.05) is 18.2 Å². The second-order valence-corrected chi connectivity index (χ2v) is 6.36. The Bertz CT molecular complexity index is 810. The number of rotatable bonds is 3. The first-order chi connectivity index (χ1) is 11.7. The van der Waals surface area contributed by atoms with Gasteiger partial charge in [-0.15, -0.1) is 0 Å². The topological polar surface area (TPSA) is 58.6 Å². The van der Waals surface area contributed by atoms with Crippen molar-refractivity contribution in [1.82, 2.24) is 0 Å². The molecule has 2 N–H and O–H groups in total. The van der Waals surface area contributed by atoms with Gasteiger partial charge in [-0.2, -0.15) is 0 Å². The molecule has 0 fully saturated rings. The third-order valence-corrected chi connectivity index (χ3v) is 5.09. The van der Waals surface area contributed by atoms with Gasteiger partial charge in [-0.05, 0) is 53.8 Å². The maximum absolute atomic E-state index is 11.1. The molecule has 2 aliphatic rings. The van der Waals surface area contributed by atoms with Gasteiger partial charge in [0.1, 0.15) is 5.75 Å². The number of carboxylic acid groups (broad SMARTS) is 1. The van der Waals surface area contributed by atoms with E-state index in [4.69, 9.17) is 9.84 Å². The van der Waals surface area contributed by atoms with Crippen molar-refractivity contribution in [2.75, 3.05) is 12.4 Å². The van der Waals surface area contributed by atoms with Gasteiger partial charge in [0.15, 0.2) is 0 Å². The fraction of sp³-hybridized carbons (Fsp3) is 0.250. The highest BCUT2D eigenvalue weighted by molar-refractivity contribution is 5.87. The van der Waals surface area contributed by atoms with Crippen LogP contribution in [0.4, 0.5) is 5.69 Å². The van der Waals surface area contributed by atoms with Gasteiger partial charge >= 0.3 is 5.97 Å². The molecule has 1 aliphatic heterocycles. The lowest BCUT2D eigenvalue weighted by molar-refractivity contribution is 0.0697. The van der Waals surface area contributed by atoms with Crippen LogP contribution in [0.5, 0.6) is 5.75 Å². The molecular weight excluding hydrogens is 302 g/mol. The Morgan fingerprint density at radius 1 is 1.21 bits per heavy atom. The summed E-state index contributed by atoms with van der Waals surface area (Å²) in [7, 11) is 1.69. The standard InChI is InChI=1S/C20H19NO3/c1-24-14-9-10-18-17(11-14)15-3-2-4-16(15)19(21-18)12-5-7-13(8-6-12)20(22)23/h2-3,5-11,15-16,19,21H,4H2,1H3,(H,22,23)/t15-,16+,19-/m0/s1. The lowest BCUT2D eigenvalue weighted by atomic mass is 9.77. The number of aromatic carboxylic acids is 1. The van der Waals surface area contributed by atoms with E-state index in [1.165, 1.54) is 5.56 Å². The summed E-state index contributed by atoms with van der Waals surface area (Å²) >= 11 is 0. The third kappa shape index (κ3) is 2.35. The molecule has 0 saturated heterocycles. The first-order valence-electron chi connectivity index (χ1n) is 8.12. The van der Waals surface area contributed by atoms with Gasteiger partial charge in [0, 0.05) is 11.6 Å². The first kappa shape index (κ1) is 14.8. The van der Waals surface area contributed by atoms with E-state index in [0.717, 1.165) is 23.4 Å². The summed E-state index contributed by atoms with van der Waals surface area (Å²) in [5, 5.41) is 12.7. The van der Waals surface area contributed by atoms with Crippen molar-refractivity contribution in [3.63, 3.8) is 0 Å². The SMILES string of the molecule is COc1ccc2c(c1)[C@H]1C=CC[C@H]1[C@H](c1ccc(C(=O)O)cc1)N2. The predicted molar refractivity (Wildman–Crippen MR) is 92.7 cm³/mol. The van der Waals surface area contributed by atoms with E-state index in [-0.39, 0.29) is 6.04 Å². The minimum Gasteiger partial charge on any atom is -0.497 e. The van der Waals surface area contributed by atoms with E-state index in [0.29, 0.717) is 17.4 Å². The normalized spacial score (nSPS) is 24.0. The van der Waals surface area contributed by atoms with Crippen LogP contribution in [0.3, 0.4) is 0 Å². The van der Waals surface area contributed by atoms with E-state index < -0.39 is 5.97 Å². The van der Waals surface area contributed by atoms with Crippen molar-refractivity contribution in [3.8, 4) is 5.75 Å². The zero-order valence-corrected chi connectivity index (χ0v) is 13.4. The summed E-state index contributed by atoms with van der Waals surface area (Å²) in [4.78, 5) is 11.1. The lowest BCUT2D eigenvalue weighted by Gasteiger charge is -2.37. The predicted octanol–water partition coefficient (Wildman–Crippen LogP) is 4.22. The fourth-order valence-electron chi connectivity index (χ4n) is 3.86. The van der Waals surface area contributed by atoms with Gasteiger partial charge in [0.2, 0.25) is 0 Å². The van der Waals surface area contributed by atoms with Gasteiger partial charge in [-0.3, -0.25) is 0 Å². The van der Waals surface area contributed by atoms with E-state index in [1.54, 1.807) is 19.2 Å². The maximum Gasteiger partial charge on any atom is 0.335 e. The van der Waals surface area contributed by atoms with Gasteiger partial charge in [0.25, 0.3) is 0 Å². The number of ether oxygens (including phenoxy) is 1. The number of benzene rings is 2. The van der Waals surface area contributed by atoms with Crippen molar-refractivity contribution < 1.29 is 14.6 Å². The second-order valence-electron chi connectivity index (χ2n) is 6.36. The van der Waals surface area contributed by atoms with Crippen LogP contribution >= 0.6 is 0 Å². The Hall–Kier alpha value is -2.75. The van der Waals surface area contributed by atoms with E-state index in [2.05, 4.69) is 29.6 Å². The molecule has 4 rings (SSSR count). The van der Waals surface area contributed by atoms with Crippen molar-refractivity contribution in [1.29, 1.82) is 0 Å². The largest absolute Gasteiger partial charge is 0.497 e. The number of hydrogen-bond donors (Lipinski definition) is 2. The monoisotopic (exact) mass is 321 g/mol. The van der Waals surface area contributed by atoms with E-state index >= 15 is 0 Å². The maximum atomic E-state index is 11.1. The Labute approximate surface area is 140 Å². The fourth-order valence-corrected chi connectivity index (χ4v) is 3.86. The Balaban J connectivity index is 1.71. The number of nitrogens with one attached hydrogen (secondary N) is 1. The van der Waals surface area contributed by atoms with Gasteiger partial charge in [0.05, 0.1) is 18.7 Å². The number of allylic oxidation sites excluding steroid dienone is 2. The molecule has 2 aromatic carbocycles. The van der Waals surface area contributed by atoms with Crippen LogP contribution in [0.1, 0.15) is 39.9 Å². The number of hydrogen-bond acceptors (Lipinski definition) is 3. The molecule has 0 bridgehead atoms. The molecule has 3 atom stereocenters. The zero-order valence-electron chi connectivity index (χ0n) is 13.4. The second kappa shape index (κ2) is 5.71. The molecule has 0 radical (unpaired) electrons. The molecule has 2 aromatic rings. The van der Waals surface area contributed by atoms with E-state index in [9.17, 15) is 4.79 Å². The molecule has 4 nitrogen and oxygen atoms in total. The Morgan fingerprint density at radius 2 is 2.00 bits per heavy atom. The summed E-state index contributed by atoms with van der Waals surface area (Å²) < 4.78 is 5.37. The van der Waals surface area contributed by atoms with Crippen LogP contribution in [0.15, 0.2) is 54.6 Å². The van der Waals surface area contributed by atoms with Crippen molar-refractivity contribution in [2.45, 2.75) is 18.4 Å². The van der Waals surface area contributed by atoms with Crippen molar-refractivity contribution in [2.24, 2.45) is 5.92 Å². The van der Waals surface area contributed by atoms with Crippen LogP contribution in [0.2, 0.25) is 0 Å². The molecule has 4 heteroatoms. The van der Waals surface area contributed by atoms with Gasteiger partial charge in [-0.1, -0.05) is 24.3 Å². The summed E-state index contributed by atoms with van der Waals surface area (Å²) in [6.07, 6.45) is 5.53. The van der Waals surface area contributed by atoms with Crippen LogP contribution in [0, 0.1) is 5.92 Å². The lowest BCUT2D eigenvalue weighted by Crippen LogP contribution is -2.29. The number of carboxylic acids is 1. The average Bonchev–Trinajstić information content (AvgIpc) is 3.10. The summed E-state index contributed by atoms with van der Waals surface area (Å²) in [5.41, 5.74) is 3.84. The molecule has 0 aromatic heterocycles. The van der Waals surface area contributed by atoms with Crippen LogP contribution in [-0.4, -0.2) is 18.2 Å². The summed E-state index contributed by atoms with van der Waals surface area (Å²) in [5.74, 6) is 0.774. The Morgan fingerprint density at radius 3 is 2.71 bits per heavy atom. The smallest absolute Gasteiger partial charge is 0.335 e. The summed E-state index contributed by atoms with van der Waals surface area (Å²) in [6.45, 7) is 0. The molecule has 0 saturated carbocycles. The summed E-state index contributed by atoms with van der Waals surface area (Å²) in [6, 6.07) is 13.5. The van der Waals surface area contributed by atoms with Crippen LogP contribution < -0.4 is 10.1 Å². The zero-order chi connectivity index (χ0) is 16.7. The number of carbonyl (C=O) groups is 1. The first-order valence-corrected chi connectivity index (χ1v) is 8.12. The molecule has 1 aliphatic carbocycles. The molecule has 24 heavy (non-hydrogen) atoms. The van der Waals surface area contributed by atoms with Gasteiger partial charge in [-0.25, -0.2) is 4.79 Å². The molecule has 0 unspecified atom stereocenters. The number of fused-ring (bicyclic) bond motifs is 3. The molecule has 0 amide bonds. The quantitative estimate of drug-likeness (QED) is 0.831. The molecule has 0 spiro atoms. The van der Waals surface area contributed by atoms with Crippen LogP contribution in [-0.2, 0) is 0 Å². The minimum atomic E-state index is -0.893. The minimum absolute atomic E-state index is 0.175. The highest BCUT2D eigenvalue weighted by Crippen LogP contribution is 2.50. The number of anilines is 1. The average molecular weight is 321 g/mol. The highest BCUT2D eigenvalue weighted by Gasteiger charge is 2.38. The Kier molecular flexibility index (Phi) is 3.53. The van der Waals surface area contributed by atoms with Crippen molar-refractivity contribution >= 4 is 11.7 Å². The third-order valence-electron chi connectivity index (χ3n) is 5.09. The molecule has 1 heterocycles. The van der Waals surface area contributed by atoms with Crippen LogP contribution in [0.25, 0.3) is 0 Å². The van der Waals surface area contributed by atoms with Crippen molar-refractivity contribution in [3.05, 3.63) is 71.3 Å². The van der Waals surface area contributed by atoms with Gasteiger partial charge < -0.3 is 15.2 Å². The molecule has 122 valence electrons. The number of methoxy groups -OCH3 is 1. The molecular formula is C20H19NO3.